The van der Waals surface area contributed by atoms with Gasteiger partial charge >= 0.3 is 0 Å². The van der Waals surface area contributed by atoms with Crippen molar-refractivity contribution in [1.82, 2.24) is 0 Å². The Morgan fingerprint density at radius 3 is 2.81 bits per heavy atom. The minimum absolute atomic E-state index is 0.0662. The molecule has 21 heavy (non-hydrogen) atoms. The van der Waals surface area contributed by atoms with Crippen LogP contribution in [0.5, 0.6) is 5.75 Å². The second-order valence-electron chi connectivity index (χ2n) is 4.98. The number of hydrogen-bond donors (Lipinski definition) is 2. The molecule has 0 fully saturated rings. The number of phenolic OH excluding ortho intramolecular Hbond substituents is 1. The van der Waals surface area contributed by atoms with Crippen molar-refractivity contribution in [2.24, 2.45) is 0 Å². The molecule has 0 atom stereocenters. The Kier molecular flexibility index (Phi) is 3.10. The van der Waals surface area contributed by atoms with E-state index in [0.717, 1.165) is 5.56 Å². The summed E-state index contributed by atoms with van der Waals surface area (Å²) in [4.78, 5) is 25.8. The molecule has 0 radical (unpaired) electrons. The number of carbonyl (C=O) groups is 2. The summed E-state index contributed by atoms with van der Waals surface area (Å²) >= 11 is 0. The Balaban J connectivity index is 2.06. The van der Waals surface area contributed by atoms with Gasteiger partial charge in [-0.25, -0.2) is 0 Å². The lowest BCUT2D eigenvalue weighted by atomic mass is 10.1. The molecule has 3 rings (SSSR count). The lowest BCUT2D eigenvalue weighted by Crippen LogP contribution is -2.42. The SMILES string of the molecule is Cc1ccc(O)c(C(=O)N2CC(=O)Nc3ccccc32)c1. The summed E-state index contributed by atoms with van der Waals surface area (Å²) in [5.41, 5.74) is 2.28. The first-order valence-electron chi connectivity index (χ1n) is 6.56. The summed E-state index contributed by atoms with van der Waals surface area (Å²) in [7, 11) is 0. The molecule has 0 unspecified atom stereocenters. The first-order chi connectivity index (χ1) is 10.1. The molecule has 0 spiro atoms. The topological polar surface area (TPSA) is 69.6 Å². The van der Waals surface area contributed by atoms with Crippen molar-refractivity contribution in [2.75, 3.05) is 16.8 Å². The highest BCUT2D eigenvalue weighted by molar-refractivity contribution is 6.16. The zero-order valence-corrected chi connectivity index (χ0v) is 11.5. The van der Waals surface area contributed by atoms with Crippen LogP contribution in [0.25, 0.3) is 0 Å². The van der Waals surface area contributed by atoms with E-state index in [1.54, 1.807) is 36.4 Å². The van der Waals surface area contributed by atoms with Gasteiger partial charge in [-0.15, -0.1) is 0 Å². The fourth-order valence-electron chi connectivity index (χ4n) is 2.38. The van der Waals surface area contributed by atoms with Crippen molar-refractivity contribution in [3.63, 3.8) is 0 Å². The maximum Gasteiger partial charge on any atom is 0.262 e. The normalized spacial score (nSPS) is 13.6. The molecule has 0 saturated heterocycles. The van der Waals surface area contributed by atoms with Gasteiger partial charge in [0.15, 0.2) is 0 Å². The number of nitrogens with zero attached hydrogens (tertiary/aromatic N) is 1. The largest absolute Gasteiger partial charge is 0.507 e. The van der Waals surface area contributed by atoms with E-state index < -0.39 is 5.91 Å². The van der Waals surface area contributed by atoms with E-state index in [1.165, 1.54) is 11.0 Å². The highest BCUT2D eigenvalue weighted by Crippen LogP contribution is 2.31. The van der Waals surface area contributed by atoms with E-state index in [9.17, 15) is 14.7 Å². The van der Waals surface area contributed by atoms with Gasteiger partial charge in [-0.3, -0.25) is 14.5 Å². The van der Waals surface area contributed by atoms with E-state index in [4.69, 9.17) is 0 Å². The molecule has 1 heterocycles. The monoisotopic (exact) mass is 282 g/mol. The van der Waals surface area contributed by atoms with Crippen LogP contribution in [0.4, 0.5) is 11.4 Å². The van der Waals surface area contributed by atoms with E-state index >= 15 is 0 Å². The number of carbonyl (C=O) groups excluding carboxylic acids is 2. The van der Waals surface area contributed by atoms with Crippen LogP contribution in [0, 0.1) is 6.92 Å². The minimum atomic E-state index is -0.390. The van der Waals surface area contributed by atoms with Crippen molar-refractivity contribution in [1.29, 1.82) is 0 Å². The van der Waals surface area contributed by atoms with Gasteiger partial charge in [-0.1, -0.05) is 23.8 Å². The summed E-state index contributed by atoms with van der Waals surface area (Å²) in [5, 5.41) is 12.6. The third kappa shape index (κ3) is 2.33. The zero-order valence-electron chi connectivity index (χ0n) is 11.5. The van der Waals surface area contributed by atoms with Crippen LogP contribution >= 0.6 is 0 Å². The summed E-state index contributed by atoms with van der Waals surface area (Å²) in [6.07, 6.45) is 0. The first-order valence-corrected chi connectivity index (χ1v) is 6.56. The number of aromatic hydroxyl groups is 1. The molecule has 5 nitrogen and oxygen atoms in total. The zero-order chi connectivity index (χ0) is 15.0. The number of nitrogens with one attached hydrogen (secondary N) is 1. The molecule has 1 aliphatic rings. The molecular weight excluding hydrogens is 268 g/mol. The lowest BCUT2D eigenvalue weighted by molar-refractivity contribution is -0.115. The van der Waals surface area contributed by atoms with E-state index in [2.05, 4.69) is 5.32 Å². The Morgan fingerprint density at radius 1 is 1.24 bits per heavy atom. The van der Waals surface area contributed by atoms with E-state index in [0.29, 0.717) is 11.4 Å². The smallest absolute Gasteiger partial charge is 0.262 e. The molecule has 0 aliphatic carbocycles. The van der Waals surface area contributed by atoms with Gasteiger partial charge in [-0.05, 0) is 31.2 Å². The van der Waals surface area contributed by atoms with Crippen LogP contribution in [0.3, 0.4) is 0 Å². The number of fused-ring (bicyclic) bond motifs is 1. The molecule has 0 bridgehead atoms. The maximum absolute atomic E-state index is 12.7. The molecule has 2 aromatic carbocycles. The minimum Gasteiger partial charge on any atom is -0.507 e. The number of hydrogen-bond acceptors (Lipinski definition) is 3. The van der Waals surface area contributed by atoms with Gasteiger partial charge in [0.2, 0.25) is 5.91 Å². The third-order valence-corrected chi connectivity index (χ3v) is 3.40. The maximum atomic E-state index is 12.7. The predicted molar refractivity (Wildman–Crippen MR) is 79.6 cm³/mol. The van der Waals surface area contributed by atoms with Crippen LogP contribution < -0.4 is 10.2 Å². The Hall–Kier alpha value is -2.82. The Bertz CT molecular complexity index is 740. The molecular formula is C16H14N2O3. The third-order valence-electron chi connectivity index (χ3n) is 3.40. The van der Waals surface area contributed by atoms with Gasteiger partial charge < -0.3 is 10.4 Å². The number of para-hydroxylation sites is 2. The summed E-state index contributed by atoms with van der Waals surface area (Å²) < 4.78 is 0. The number of rotatable bonds is 1. The van der Waals surface area contributed by atoms with E-state index in [-0.39, 0.29) is 23.8 Å². The number of phenols is 1. The van der Waals surface area contributed by atoms with Crippen molar-refractivity contribution in [2.45, 2.75) is 6.92 Å². The van der Waals surface area contributed by atoms with E-state index in [1.807, 2.05) is 6.92 Å². The molecule has 1 aliphatic heterocycles. The van der Waals surface area contributed by atoms with Crippen LogP contribution in [0.15, 0.2) is 42.5 Å². The van der Waals surface area contributed by atoms with Gasteiger partial charge in [0.25, 0.3) is 5.91 Å². The second kappa shape index (κ2) is 4.94. The Labute approximate surface area is 121 Å². The van der Waals surface area contributed by atoms with Crippen molar-refractivity contribution >= 4 is 23.2 Å². The predicted octanol–water partition coefficient (Wildman–Crippen LogP) is 2.30. The number of anilines is 2. The molecule has 0 aromatic heterocycles. The molecule has 2 N–H and O–H groups in total. The fraction of sp³-hybridized carbons (Fsp3) is 0.125. The second-order valence-corrected chi connectivity index (χ2v) is 4.98. The van der Waals surface area contributed by atoms with Gasteiger partial charge in [0.05, 0.1) is 16.9 Å². The molecule has 5 heteroatoms. The molecule has 0 saturated carbocycles. The summed E-state index contributed by atoms with van der Waals surface area (Å²) in [6, 6.07) is 11.9. The first kappa shape index (κ1) is 13.2. The van der Waals surface area contributed by atoms with Crippen LogP contribution in [0.2, 0.25) is 0 Å². The highest BCUT2D eigenvalue weighted by Gasteiger charge is 2.28. The number of benzene rings is 2. The summed E-state index contributed by atoms with van der Waals surface area (Å²) in [6.45, 7) is 1.77. The molecule has 106 valence electrons. The lowest BCUT2D eigenvalue weighted by Gasteiger charge is -2.29. The van der Waals surface area contributed by atoms with Crippen molar-refractivity contribution in [3.05, 3.63) is 53.6 Å². The average molecular weight is 282 g/mol. The van der Waals surface area contributed by atoms with Crippen molar-refractivity contribution < 1.29 is 14.7 Å². The van der Waals surface area contributed by atoms with Gasteiger partial charge in [0, 0.05) is 0 Å². The number of aryl methyl sites for hydroxylation is 1. The average Bonchev–Trinajstić information content (AvgIpc) is 2.48. The van der Waals surface area contributed by atoms with Crippen molar-refractivity contribution in [3.8, 4) is 5.75 Å². The quantitative estimate of drug-likeness (QED) is 0.843. The van der Waals surface area contributed by atoms with Gasteiger partial charge in [0.1, 0.15) is 12.3 Å². The number of amides is 2. The molecule has 2 aromatic rings. The fourth-order valence-corrected chi connectivity index (χ4v) is 2.38. The Morgan fingerprint density at radius 2 is 2.00 bits per heavy atom. The van der Waals surface area contributed by atoms with Gasteiger partial charge in [-0.2, -0.15) is 0 Å². The standard InChI is InChI=1S/C16H14N2O3/c1-10-6-7-14(19)11(8-10)16(21)18-9-15(20)17-12-4-2-3-5-13(12)18/h2-8,19H,9H2,1H3,(H,17,20). The summed E-state index contributed by atoms with van der Waals surface area (Å²) in [5.74, 6) is -0.734. The highest BCUT2D eigenvalue weighted by atomic mass is 16.3. The van der Waals surface area contributed by atoms with Crippen LogP contribution in [-0.2, 0) is 4.79 Å². The van der Waals surface area contributed by atoms with Crippen LogP contribution in [-0.4, -0.2) is 23.5 Å². The molecule has 2 amide bonds. The van der Waals surface area contributed by atoms with Crippen LogP contribution in [0.1, 0.15) is 15.9 Å².